The molecule has 2 aromatic rings. The number of anilines is 1. The largest absolute Gasteiger partial charge is 0.490 e. The molecule has 2 heterocycles. The number of fused-ring (bicyclic) bond motifs is 1. The number of nitrogens with zero attached hydrogens (tertiary/aromatic N) is 2. The number of hydrogen-bond acceptors (Lipinski definition) is 6. The highest BCUT2D eigenvalue weighted by Gasteiger charge is 2.10. The van der Waals surface area contributed by atoms with Crippen molar-refractivity contribution in [3.63, 3.8) is 0 Å². The van der Waals surface area contributed by atoms with E-state index in [4.69, 9.17) is 14.2 Å². The van der Waals surface area contributed by atoms with Crippen LogP contribution >= 0.6 is 0 Å². The van der Waals surface area contributed by atoms with Gasteiger partial charge >= 0.3 is 0 Å². The maximum atomic E-state index is 5.69. The lowest BCUT2D eigenvalue weighted by atomic mass is 10.2. The summed E-state index contributed by atoms with van der Waals surface area (Å²) in [5.41, 5.74) is 1.10. The molecule has 1 aromatic carbocycles. The van der Waals surface area contributed by atoms with Crippen molar-refractivity contribution < 1.29 is 14.2 Å². The molecular weight excluding hydrogens is 282 g/mol. The second-order valence-corrected chi connectivity index (χ2v) is 4.86. The Morgan fingerprint density at radius 2 is 2.00 bits per heavy atom. The second kappa shape index (κ2) is 6.98. The van der Waals surface area contributed by atoms with Crippen molar-refractivity contribution in [3.05, 3.63) is 36.2 Å². The van der Waals surface area contributed by atoms with Crippen molar-refractivity contribution in [1.29, 1.82) is 0 Å². The van der Waals surface area contributed by atoms with Crippen molar-refractivity contribution in [2.45, 2.75) is 19.9 Å². The van der Waals surface area contributed by atoms with Crippen LogP contribution in [0.25, 0.3) is 0 Å². The van der Waals surface area contributed by atoms with Crippen molar-refractivity contribution in [3.8, 4) is 17.4 Å². The van der Waals surface area contributed by atoms with E-state index in [2.05, 4.69) is 15.3 Å². The van der Waals surface area contributed by atoms with Gasteiger partial charge < -0.3 is 19.5 Å². The second-order valence-electron chi connectivity index (χ2n) is 4.86. The monoisotopic (exact) mass is 301 g/mol. The van der Waals surface area contributed by atoms with Crippen LogP contribution in [0.15, 0.2) is 30.6 Å². The number of ether oxygens (including phenoxy) is 3. The van der Waals surface area contributed by atoms with Gasteiger partial charge in [0.05, 0.1) is 19.8 Å². The topological polar surface area (TPSA) is 65.5 Å². The molecular formula is C16H19N3O3. The molecule has 1 aliphatic heterocycles. The van der Waals surface area contributed by atoms with Gasteiger partial charge in [-0.1, -0.05) is 6.07 Å². The van der Waals surface area contributed by atoms with Crippen LogP contribution in [0.4, 0.5) is 5.82 Å². The lowest BCUT2D eigenvalue weighted by Crippen LogP contribution is -2.03. The van der Waals surface area contributed by atoms with Crippen LogP contribution in [-0.2, 0) is 6.54 Å². The average molecular weight is 301 g/mol. The van der Waals surface area contributed by atoms with Crippen molar-refractivity contribution in [2.24, 2.45) is 0 Å². The number of hydrogen-bond donors (Lipinski definition) is 1. The van der Waals surface area contributed by atoms with Crippen LogP contribution < -0.4 is 19.5 Å². The third kappa shape index (κ3) is 3.58. The minimum Gasteiger partial charge on any atom is -0.490 e. The molecule has 0 saturated heterocycles. The molecule has 0 amide bonds. The van der Waals surface area contributed by atoms with E-state index in [9.17, 15) is 0 Å². The molecule has 0 aliphatic carbocycles. The van der Waals surface area contributed by atoms with E-state index in [-0.39, 0.29) is 0 Å². The quantitative estimate of drug-likeness (QED) is 0.916. The van der Waals surface area contributed by atoms with Gasteiger partial charge in [-0.05, 0) is 24.6 Å². The van der Waals surface area contributed by atoms with Crippen molar-refractivity contribution in [1.82, 2.24) is 9.97 Å². The van der Waals surface area contributed by atoms with Gasteiger partial charge in [-0.3, -0.25) is 0 Å². The third-order valence-electron chi connectivity index (χ3n) is 3.22. The number of nitrogens with one attached hydrogen (secondary N) is 1. The molecule has 3 rings (SSSR count). The fourth-order valence-corrected chi connectivity index (χ4v) is 2.17. The maximum absolute atomic E-state index is 5.69. The van der Waals surface area contributed by atoms with Crippen LogP contribution in [0.2, 0.25) is 0 Å². The Labute approximate surface area is 129 Å². The Morgan fingerprint density at radius 3 is 2.86 bits per heavy atom. The molecule has 0 atom stereocenters. The van der Waals surface area contributed by atoms with Gasteiger partial charge in [-0.2, -0.15) is 0 Å². The summed E-state index contributed by atoms with van der Waals surface area (Å²) in [5.74, 6) is 2.90. The van der Waals surface area contributed by atoms with Gasteiger partial charge in [0.25, 0.3) is 0 Å². The predicted molar refractivity (Wildman–Crippen MR) is 82.6 cm³/mol. The summed E-state index contributed by atoms with van der Waals surface area (Å²) in [5, 5.41) is 3.25. The number of rotatable bonds is 5. The van der Waals surface area contributed by atoms with Crippen LogP contribution in [0.3, 0.4) is 0 Å². The molecule has 22 heavy (non-hydrogen) atoms. The van der Waals surface area contributed by atoms with E-state index in [1.807, 2.05) is 25.1 Å². The van der Waals surface area contributed by atoms with Gasteiger partial charge in [0.15, 0.2) is 11.5 Å². The van der Waals surface area contributed by atoms with Crippen LogP contribution in [0.1, 0.15) is 18.9 Å². The summed E-state index contributed by atoms with van der Waals surface area (Å²) in [6, 6.07) is 7.75. The Bertz CT molecular complexity index is 634. The van der Waals surface area contributed by atoms with E-state index in [1.165, 1.54) is 6.33 Å². The highest BCUT2D eigenvalue weighted by molar-refractivity contribution is 5.45. The lowest BCUT2D eigenvalue weighted by molar-refractivity contribution is 0.297. The van der Waals surface area contributed by atoms with E-state index in [0.29, 0.717) is 32.2 Å². The summed E-state index contributed by atoms with van der Waals surface area (Å²) in [6.45, 7) is 4.53. The van der Waals surface area contributed by atoms with Crippen LogP contribution in [-0.4, -0.2) is 29.8 Å². The standard InChI is InChI=1S/C16H19N3O3/c1-2-20-16-9-15(18-11-19-16)17-10-12-4-5-13-14(8-12)22-7-3-6-21-13/h4-5,8-9,11H,2-3,6-7,10H2,1H3,(H,17,18,19). The lowest BCUT2D eigenvalue weighted by Gasteiger charge is -2.11. The molecule has 0 fully saturated rings. The van der Waals surface area contributed by atoms with Gasteiger partial charge in [0.1, 0.15) is 12.1 Å². The first-order valence-electron chi connectivity index (χ1n) is 7.42. The SMILES string of the molecule is CCOc1cc(NCc2ccc3c(c2)OCCCO3)ncn1. The first-order chi connectivity index (χ1) is 10.8. The van der Waals surface area contributed by atoms with Gasteiger partial charge in [-0.15, -0.1) is 0 Å². The fourth-order valence-electron chi connectivity index (χ4n) is 2.17. The van der Waals surface area contributed by atoms with Crippen molar-refractivity contribution >= 4 is 5.82 Å². The van der Waals surface area contributed by atoms with E-state index in [1.54, 1.807) is 6.07 Å². The zero-order valence-corrected chi connectivity index (χ0v) is 12.5. The Hall–Kier alpha value is -2.50. The molecule has 116 valence electrons. The third-order valence-corrected chi connectivity index (χ3v) is 3.22. The Balaban J connectivity index is 1.66. The minimum atomic E-state index is 0.568. The first kappa shape index (κ1) is 14.4. The Morgan fingerprint density at radius 1 is 1.14 bits per heavy atom. The molecule has 0 radical (unpaired) electrons. The zero-order chi connectivity index (χ0) is 15.2. The van der Waals surface area contributed by atoms with Gasteiger partial charge in [0, 0.05) is 19.0 Å². The maximum Gasteiger partial charge on any atom is 0.218 e. The highest BCUT2D eigenvalue weighted by Crippen LogP contribution is 2.30. The number of benzene rings is 1. The molecule has 0 bridgehead atoms. The van der Waals surface area contributed by atoms with E-state index < -0.39 is 0 Å². The fraction of sp³-hybridized carbons (Fsp3) is 0.375. The number of aromatic nitrogens is 2. The van der Waals surface area contributed by atoms with Crippen LogP contribution in [0.5, 0.6) is 17.4 Å². The molecule has 0 spiro atoms. The summed E-state index contributed by atoms with van der Waals surface area (Å²) < 4.78 is 16.7. The van der Waals surface area contributed by atoms with Crippen molar-refractivity contribution in [2.75, 3.05) is 25.1 Å². The van der Waals surface area contributed by atoms with E-state index in [0.717, 1.165) is 29.3 Å². The molecule has 0 unspecified atom stereocenters. The highest BCUT2D eigenvalue weighted by atomic mass is 16.5. The summed E-state index contributed by atoms with van der Waals surface area (Å²) in [7, 11) is 0. The molecule has 1 aliphatic rings. The molecule has 1 aromatic heterocycles. The minimum absolute atomic E-state index is 0.568. The summed E-state index contributed by atoms with van der Waals surface area (Å²) in [6.07, 6.45) is 2.39. The predicted octanol–water partition coefficient (Wildman–Crippen LogP) is 2.65. The average Bonchev–Trinajstić information content (AvgIpc) is 2.78. The van der Waals surface area contributed by atoms with Gasteiger partial charge in [0.2, 0.25) is 5.88 Å². The normalized spacial score (nSPS) is 13.3. The smallest absolute Gasteiger partial charge is 0.218 e. The Kier molecular flexibility index (Phi) is 4.58. The summed E-state index contributed by atoms with van der Waals surface area (Å²) in [4.78, 5) is 8.22. The van der Waals surface area contributed by atoms with Gasteiger partial charge in [-0.25, -0.2) is 9.97 Å². The van der Waals surface area contributed by atoms with E-state index >= 15 is 0 Å². The summed E-state index contributed by atoms with van der Waals surface area (Å²) >= 11 is 0. The zero-order valence-electron chi connectivity index (χ0n) is 12.5. The molecule has 6 heteroatoms. The molecule has 1 N–H and O–H groups in total. The first-order valence-corrected chi connectivity index (χ1v) is 7.42. The van der Waals surface area contributed by atoms with Crippen LogP contribution in [0, 0.1) is 0 Å². The molecule has 6 nitrogen and oxygen atoms in total. The molecule has 0 saturated carbocycles.